The quantitative estimate of drug-likeness (QED) is 0.235. The van der Waals surface area contributed by atoms with Gasteiger partial charge in [0.1, 0.15) is 10.3 Å². The molecule has 14 heteroatoms. The zero-order chi connectivity index (χ0) is 25.5. The van der Waals surface area contributed by atoms with E-state index in [9.17, 15) is 14.4 Å². The lowest BCUT2D eigenvalue weighted by Gasteiger charge is -2.14. The molecule has 3 amide bonds. The zero-order valence-corrected chi connectivity index (χ0v) is 22.3. The predicted molar refractivity (Wildman–Crippen MR) is 138 cm³/mol. The maximum absolute atomic E-state index is 13.2. The first-order chi connectivity index (χ1) is 16.7. The van der Waals surface area contributed by atoms with Crippen molar-refractivity contribution in [1.29, 1.82) is 0 Å². The van der Waals surface area contributed by atoms with Crippen molar-refractivity contribution in [2.45, 2.75) is 0 Å². The number of carbonyl (C=O) groups is 3. The fourth-order valence-corrected chi connectivity index (χ4v) is 4.21. The molecule has 3 N–H and O–H groups in total. The Hall–Kier alpha value is -2.77. The smallest absolute Gasteiger partial charge is 0.277 e. The summed E-state index contributed by atoms with van der Waals surface area (Å²) < 4.78 is 1.95. The molecule has 1 aromatic carbocycles. The van der Waals surface area contributed by atoms with Crippen LogP contribution in [-0.2, 0) is 9.63 Å². The first-order valence-corrected chi connectivity index (χ1v) is 12.0. The van der Waals surface area contributed by atoms with E-state index in [4.69, 9.17) is 28.0 Å². The van der Waals surface area contributed by atoms with Gasteiger partial charge in [-0.3, -0.25) is 19.2 Å². The van der Waals surface area contributed by atoms with Gasteiger partial charge < -0.3 is 10.6 Å². The van der Waals surface area contributed by atoms with E-state index in [1.54, 1.807) is 12.1 Å². The Morgan fingerprint density at radius 3 is 2.66 bits per heavy atom. The number of nitrogens with zero attached hydrogens (tertiary/aromatic N) is 3. The van der Waals surface area contributed by atoms with Crippen molar-refractivity contribution in [3.05, 3.63) is 79.6 Å². The summed E-state index contributed by atoms with van der Waals surface area (Å²) in [6, 6.07) is 7.55. The first kappa shape index (κ1) is 26.8. The minimum absolute atomic E-state index is 0.0229. The standard InChI is InChI=1S/C21H16Br2Cl2N6O4/c1-2-5-26-17(32)10-35-30-20(33)12-7-11(24)8-13(22)18(12)28-21(34)15-9-16(23)29-31(15)19-14(25)4-3-6-27-19/h2-4,6-9H,1,5,10H2,(H,26,32)(H,28,34)(H,30,33). The molecular weight excluding hydrogens is 631 g/mol. The Balaban J connectivity index is 1.85. The molecule has 0 unspecified atom stereocenters. The number of hydroxylamine groups is 1. The van der Waals surface area contributed by atoms with Gasteiger partial charge in [0, 0.05) is 28.3 Å². The van der Waals surface area contributed by atoms with E-state index in [-0.39, 0.29) is 39.4 Å². The van der Waals surface area contributed by atoms with Crippen LogP contribution in [0, 0.1) is 0 Å². The molecule has 10 nitrogen and oxygen atoms in total. The molecular formula is C21H16Br2Cl2N6O4. The molecule has 0 spiro atoms. The number of hydrogen-bond acceptors (Lipinski definition) is 6. The molecule has 182 valence electrons. The van der Waals surface area contributed by atoms with Crippen LogP contribution in [0.1, 0.15) is 20.8 Å². The van der Waals surface area contributed by atoms with Gasteiger partial charge in [0.2, 0.25) is 5.91 Å². The number of amides is 3. The van der Waals surface area contributed by atoms with Crippen molar-refractivity contribution in [3.8, 4) is 5.82 Å². The fraction of sp³-hybridized carbons (Fsp3) is 0.0952. The maximum atomic E-state index is 13.2. The van der Waals surface area contributed by atoms with Gasteiger partial charge in [-0.25, -0.2) is 15.1 Å². The Labute approximate surface area is 226 Å². The number of carbonyl (C=O) groups excluding carboxylic acids is 3. The summed E-state index contributed by atoms with van der Waals surface area (Å²) in [7, 11) is 0. The van der Waals surface area contributed by atoms with Gasteiger partial charge in [-0.1, -0.05) is 29.3 Å². The Morgan fingerprint density at radius 2 is 1.94 bits per heavy atom. The number of benzene rings is 1. The van der Waals surface area contributed by atoms with Gasteiger partial charge >= 0.3 is 0 Å². The maximum Gasteiger partial charge on any atom is 0.277 e. The van der Waals surface area contributed by atoms with Crippen LogP contribution < -0.4 is 16.1 Å². The molecule has 3 aromatic rings. The van der Waals surface area contributed by atoms with Gasteiger partial charge in [-0.05, 0) is 56.1 Å². The molecule has 0 saturated carbocycles. The molecule has 0 fully saturated rings. The SMILES string of the molecule is C=CCNC(=O)CONC(=O)c1cc(Cl)cc(Br)c1NC(=O)c1cc(Br)nn1-c1ncccc1Cl. The highest BCUT2D eigenvalue weighted by atomic mass is 79.9. The lowest BCUT2D eigenvalue weighted by molar-refractivity contribution is -0.127. The van der Waals surface area contributed by atoms with Crippen molar-refractivity contribution in [2.24, 2.45) is 0 Å². The Morgan fingerprint density at radius 1 is 1.17 bits per heavy atom. The largest absolute Gasteiger partial charge is 0.351 e. The molecule has 0 radical (unpaired) electrons. The van der Waals surface area contributed by atoms with Gasteiger partial charge in [-0.15, -0.1) is 6.58 Å². The van der Waals surface area contributed by atoms with Crippen LogP contribution in [0.25, 0.3) is 5.82 Å². The molecule has 0 aliphatic rings. The van der Waals surface area contributed by atoms with Crippen molar-refractivity contribution >= 4 is 78.5 Å². The van der Waals surface area contributed by atoms with Gasteiger partial charge in [0.05, 0.1) is 16.3 Å². The number of anilines is 1. The van der Waals surface area contributed by atoms with E-state index in [1.807, 2.05) is 0 Å². The summed E-state index contributed by atoms with van der Waals surface area (Å²) in [5.74, 6) is -1.59. The van der Waals surface area contributed by atoms with Gasteiger partial charge in [0.25, 0.3) is 11.8 Å². The second kappa shape index (κ2) is 12.3. The van der Waals surface area contributed by atoms with Crippen molar-refractivity contribution < 1.29 is 19.2 Å². The van der Waals surface area contributed by atoms with E-state index < -0.39 is 24.3 Å². The van der Waals surface area contributed by atoms with E-state index in [1.165, 1.54) is 35.2 Å². The van der Waals surface area contributed by atoms with Crippen molar-refractivity contribution in [3.63, 3.8) is 0 Å². The molecule has 0 aliphatic carbocycles. The molecule has 2 aromatic heterocycles. The van der Waals surface area contributed by atoms with Crippen LogP contribution in [0.2, 0.25) is 10.0 Å². The van der Waals surface area contributed by atoms with Crippen LogP contribution in [0.4, 0.5) is 5.69 Å². The number of rotatable bonds is 9. The third-order valence-corrected chi connectivity index (χ3v) is 5.73. The fourth-order valence-electron chi connectivity index (χ4n) is 2.73. The molecule has 0 bridgehead atoms. The number of hydrogen-bond donors (Lipinski definition) is 3. The van der Waals surface area contributed by atoms with Gasteiger partial charge in [-0.2, -0.15) is 5.10 Å². The van der Waals surface area contributed by atoms with Crippen molar-refractivity contribution in [2.75, 3.05) is 18.5 Å². The number of nitrogens with one attached hydrogen (secondary N) is 3. The lowest BCUT2D eigenvalue weighted by Crippen LogP contribution is -2.33. The molecule has 0 atom stereocenters. The Bertz CT molecular complexity index is 1300. The van der Waals surface area contributed by atoms with Crippen LogP contribution in [0.15, 0.2) is 58.3 Å². The topological polar surface area (TPSA) is 127 Å². The van der Waals surface area contributed by atoms with Crippen LogP contribution in [0.5, 0.6) is 0 Å². The molecule has 0 aliphatic heterocycles. The summed E-state index contributed by atoms with van der Waals surface area (Å²) in [4.78, 5) is 46.7. The normalized spacial score (nSPS) is 10.5. The molecule has 3 rings (SSSR count). The molecule has 0 saturated heterocycles. The Kier molecular flexibility index (Phi) is 9.40. The molecule has 35 heavy (non-hydrogen) atoms. The first-order valence-electron chi connectivity index (χ1n) is 9.67. The van der Waals surface area contributed by atoms with E-state index >= 15 is 0 Å². The van der Waals surface area contributed by atoms with Crippen LogP contribution >= 0.6 is 55.1 Å². The highest BCUT2D eigenvalue weighted by Gasteiger charge is 2.23. The summed E-state index contributed by atoms with van der Waals surface area (Å²) in [6.07, 6.45) is 3.01. The predicted octanol–water partition coefficient (Wildman–Crippen LogP) is 4.32. The molecule has 2 heterocycles. The average Bonchev–Trinajstić information content (AvgIpc) is 3.20. The second-order valence-corrected chi connectivity index (χ2v) is 9.16. The highest BCUT2D eigenvalue weighted by Crippen LogP contribution is 2.31. The third-order valence-electron chi connectivity index (χ3n) is 4.20. The van der Waals surface area contributed by atoms with E-state index in [0.29, 0.717) is 9.08 Å². The van der Waals surface area contributed by atoms with Crippen molar-refractivity contribution in [1.82, 2.24) is 25.6 Å². The average molecular weight is 647 g/mol. The minimum Gasteiger partial charge on any atom is -0.351 e. The monoisotopic (exact) mass is 644 g/mol. The number of pyridine rings is 1. The van der Waals surface area contributed by atoms with E-state index in [0.717, 1.165) is 0 Å². The zero-order valence-electron chi connectivity index (χ0n) is 17.6. The highest BCUT2D eigenvalue weighted by molar-refractivity contribution is 9.10. The van der Waals surface area contributed by atoms with Crippen LogP contribution in [0.3, 0.4) is 0 Å². The minimum atomic E-state index is -0.748. The summed E-state index contributed by atoms with van der Waals surface area (Å²) in [5, 5.41) is 9.89. The van der Waals surface area contributed by atoms with Gasteiger partial charge in [0.15, 0.2) is 12.4 Å². The summed E-state index contributed by atoms with van der Waals surface area (Å²) >= 11 is 18.9. The summed E-state index contributed by atoms with van der Waals surface area (Å²) in [5.41, 5.74) is 2.32. The second-order valence-electron chi connectivity index (χ2n) is 6.65. The summed E-state index contributed by atoms with van der Waals surface area (Å²) in [6.45, 7) is 3.31. The number of aromatic nitrogens is 3. The van der Waals surface area contributed by atoms with E-state index in [2.05, 4.69) is 64.6 Å². The van der Waals surface area contributed by atoms with Crippen LogP contribution in [-0.4, -0.2) is 45.6 Å². The lowest BCUT2D eigenvalue weighted by atomic mass is 10.1. The number of halogens is 4. The third kappa shape index (κ3) is 6.89.